The number of aryl methyl sites for hydroxylation is 1. The highest BCUT2D eigenvalue weighted by Crippen LogP contribution is 2.16. The molecule has 98 valence electrons. The van der Waals surface area contributed by atoms with Gasteiger partial charge in [-0.2, -0.15) is 5.26 Å². The van der Waals surface area contributed by atoms with Crippen LogP contribution in [0.3, 0.4) is 0 Å². The Morgan fingerprint density at radius 2 is 2.05 bits per heavy atom. The average Bonchev–Trinajstić information content (AvgIpc) is 2.82. The Labute approximate surface area is 112 Å². The molecule has 0 aliphatic carbocycles. The van der Waals surface area contributed by atoms with Crippen molar-refractivity contribution in [2.75, 3.05) is 7.11 Å². The van der Waals surface area contributed by atoms with E-state index in [0.29, 0.717) is 12.1 Å². The molecule has 0 spiro atoms. The van der Waals surface area contributed by atoms with Gasteiger partial charge in [0.15, 0.2) is 5.69 Å². The van der Waals surface area contributed by atoms with Crippen molar-refractivity contribution < 1.29 is 4.74 Å². The van der Waals surface area contributed by atoms with Crippen LogP contribution in [0.1, 0.15) is 30.3 Å². The third kappa shape index (κ3) is 2.91. The zero-order valence-corrected chi connectivity index (χ0v) is 11.1. The van der Waals surface area contributed by atoms with Crippen molar-refractivity contribution in [2.24, 2.45) is 0 Å². The number of nitrogens with zero attached hydrogens (tertiary/aromatic N) is 4. The molecule has 0 saturated carbocycles. The smallest absolute Gasteiger partial charge is 0.186 e. The molecule has 5 nitrogen and oxygen atoms in total. The van der Waals surface area contributed by atoms with Gasteiger partial charge in [0.05, 0.1) is 12.8 Å². The highest BCUT2D eigenvalue weighted by atomic mass is 16.5. The van der Waals surface area contributed by atoms with Gasteiger partial charge < -0.3 is 4.74 Å². The van der Waals surface area contributed by atoms with E-state index in [0.717, 1.165) is 30.0 Å². The number of rotatable bonds is 5. The molecule has 0 radical (unpaired) electrons. The Kier molecular flexibility index (Phi) is 4.14. The van der Waals surface area contributed by atoms with E-state index in [1.54, 1.807) is 7.11 Å². The van der Waals surface area contributed by atoms with E-state index >= 15 is 0 Å². The van der Waals surface area contributed by atoms with E-state index in [1.165, 1.54) is 0 Å². The molecule has 5 heteroatoms. The molecule has 1 aromatic heterocycles. The van der Waals surface area contributed by atoms with Crippen LogP contribution in [-0.2, 0) is 13.0 Å². The fourth-order valence-corrected chi connectivity index (χ4v) is 1.92. The number of nitriles is 1. The standard InChI is InChI=1S/C14H16N4O/c1-3-8-18-14(13(10-15)16-17-18)9-11-4-6-12(19-2)7-5-11/h4-7H,3,8-9H2,1-2H3. The monoisotopic (exact) mass is 256 g/mol. The second-order valence-corrected chi connectivity index (χ2v) is 4.24. The van der Waals surface area contributed by atoms with Gasteiger partial charge in [0.2, 0.25) is 0 Å². The molecule has 0 atom stereocenters. The molecule has 0 N–H and O–H groups in total. The van der Waals surface area contributed by atoms with Crippen LogP contribution in [0.4, 0.5) is 0 Å². The minimum Gasteiger partial charge on any atom is -0.497 e. The van der Waals surface area contributed by atoms with Gasteiger partial charge in [-0.1, -0.05) is 24.3 Å². The Balaban J connectivity index is 2.26. The van der Waals surface area contributed by atoms with Crippen LogP contribution in [0.25, 0.3) is 0 Å². The first kappa shape index (κ1) is 13.1. The molecule has 0 aliphatic heterocycles. The quantitative estimate of drug-likeness (QED) is 0.822. The van der Waals surface area contributed by atoms with Crippen molar-refractivity contribution in [3.05, 3.63) is 41.2 Å². The lowest BCUT2D eigenvalue weighted by Gasteiger charge is -2.06. The first-order valence-electron chi connectivity index (χ1n) is 6.24. The van der Waals surface area contributed by atoms with E-state index < -0.39 is 0 Å². The van der Waals surface area contributed by atoms with E-state index in [2.05, 4.69) is 23.3 Å². The fourth-order valence-electron chi connectivity index (χ4n) is 1.92. The van der Waals surface area contributed by atoms with Gasteiger partial charge >= 0.3 is 0 Å². The summed E-state index contributed by atoms with van der Waals surface area (Å²) in [5.74, 6) is 0.824. The molecule has 2 rings (SSSR count). The Bertz CT molecular complexity index is 580. The van der Waals surface area contributed by atoms with Crippen LogP contribution in [0, 0.1) is 11.3 Å². The van der Waals surface area contributed by atoms with Crippen LogP contribution in [0.5, 0.6) is 5.75 Å². The van der Waals surface area contributed by atoms with Gasteiger partial charge in [-0.05, 0) is 24.1 Å². The topological polar surface area (TPSA) is 63.7 Å². The van der Waals surface area contributed by atoms with Crippen LogP contribution in [-0.4, -0.2) is 22.1 Å². The van der Waals surface area contributed by atoms with E-state index in [4.69, 9.17) is 10.00 Å². The second kappa shape index (κ2) is 6.01. The molecule has 1 heterocycles. The third-order valence-electron chi connectivity index (χ3n) is 2.91. The molecule has 0 bridgehead atoms. The summed E-state index contributed by atoms with van der Waals surface area (Å²) in [5, 5.41) is 17.0. The summed E-state index contributed by atoms with van der Waals surface area (Å²) in [5.41, 5.74) is 2.38. The SMILES string of the molecule is CCCn1nnc(C#N)c1Cc1ccc(OC)cc1. The van der Waals surface area contributed by atoms with Gasteiger partial charge in [0.1, 0.15) is 11.8 Å². The van der Waals surface area contributed by atoms with E-state index in [9.17, 15) is 0 Å². The summed E-state index contributed by atoms with van der Waals surface area (Å²) in [7, 11) is 1.64. The summed E-state index contributed by atoms with van der Waals surface area (Å²) >= 11 is 0. The molecule has 19 heavy (non-hydrogen) atoms. The number of benzene rings is 1. The summed E-state index contributed by atoms with van der Waals surface area (Å²) < 4.78 is 6.94. The van der Waals surface area contributed by atoms with Gasteiger partial charge in [0, 0.05) is 13.0 Å². The van der Waals surface area contributed by atoms with Crippen LogP contribution < -0.4 is 4.74 Å². The first-order chi connectivity index (χ1) is 9.28. The second-order valence-electron chi connectivity index (χ2n) is 4.24. The lowest BCUT2D eigenvalue weighted by Crippen LogP contribution is -2.06. The van der Waals surface area contributed by atoms with Gasteiger partial charge in [0.25, 0.3) is 0 Å². The lowest BCUT2D eigenvalue weighted by molar-refractivity contribution is 0.414. The molecule has 1 aromatic carbocycles. The fraction of sp³-hybridized carbons (Fsp3) is 0.357. The van der Waals surface area contributed by atoms with Gasteiger partial charge in [-0.3, -0.25) is 0 Å². The van der Waals surface area contributed by atoms with E-state index in [1.807, 2.05) is 28.9 Å². The average molecular weight is 256 g/mol. The Morgan fingerprint density at radius 3 is 2.63 bits per heavy atom. The van der Waals surface area contributed by atoms with Crippen LogP contribution in [0.15, 0.2) is 24.3 Å². The van der Waals surface area contributed by atoms with Crippen molar-refractivity contribution in [1.82, 2.24) is 15.0 Å². The number of hydrogen-bond acceptors (Lipinski definition) is 4. The van der Waals surface area contributed by atoms with Crippen molar-refractivity contribution in [3.63, 3.8) is 0 Å². The minimum atomic E-state index is 0.407. The molecule has 0 saturated heterocycles. The summed E-state index contributed by atoms with van der Waals surface area (Å²) in [6, 6.07) is 9.90. The van der Waals surface area contributed by atoms with Gasteiger partial charge in [-0.15, -0.1) is 5.10 Å². The highest BCUT2D eigenvalue weighted by molar-refractivity contribution is 5.33. The minimum absolute atomic E-state index is 0.407. The zero-order valence-electron chi connectivity index (χ0n) is 11.1. The lowest BCUT2D eigenvalue weighted by atomic mass is 10.1. The summed E-state index contributed by atoms with van der Waals surface area (Å²) in [4.78, 5) is 0. The number of ether oxygens (including phenoxy) is 1. The number of methoxy groups -OCH3 is 1. The maximum absolute atomic E-state index is 9.07. The Hall–Kier alpha value is -2.35. The Morgan fingerprint density at radius 1 is 1.32 bits per heavy atom. The molecule has 2 aromatic rings. The molecule has 0 aliphatic rings. The summed E-state index contributed by atoms with van der Waals surface area (Å²) in [6.45, 7) is 2.85. The molecule has 0 fully saturated rings. The van der Waals surface area contributed by atoms with Crippen molar-refractivity contribution in [3.8, 4) is 11.8 Å². The zero-order chi connectivity index (χ0) is 13.7. The first-order valence-corrected chi connectivity index (χ1v) is 6.24. The molecule has 0 amide bonds. The third-order valence-corrected chi connectivity index (χ3v) is 2.91. The molecular weight excluding hydrogens is 240 g/mol. The molecule has 0 unspecified atom stereocenters. The number of aromatic nitrogens is 3. The number of hydrogen-bond donors (Lipinski definition) is 0. The normalized spacial score (nSPS) is 10.2. The maximum atomic E-state index is 9.07. The largest absolute Gasteiger partial charge is 0.497 e. The maximum Gasteiger partial charge on any atom is 0.186 e. The van der Waals surface area contributed by atoms with Crippen molar-refractivity contribution >= 4 is 0 Å². The predicted octanol–water partition coefficient (Wildman–Crippen LogP) is 2.16. The van der Waals surface area contributed by atoms with Crippen LogP contribution >= 0.6 is 0 Å². The summed E-state index contributed by atoms with van der Waals surface area (Å²) in [6.07, 6.45) is 1.61. The van der Waals surface area contributed by atoms with Crippen molar-refractivity contribution in [2.45, 2.75) is 26.3 Å². The van der Waals surface area contributed by atoms with Crippen LogP contribution in [0.2, 0.25) is 0 Å². The van der Waals surface area contributed by atoms with Gasteiger partial charge in [-0.25, -0.2) is 4.68 Å². The molecular formula is C14H16N4O. The highest BCUT2D eigenvalue weighted by Gasteiger charge is 2.12. The van der Waals surface area contributed by atoms with Crippen molar-refractivity contribution in [1.29, 1.82) is 5.26 Å². The van der Waals surface area contributed by atoms with E-state index in [-0.39, 0.29) is 0 Å². The predicted molar refractivity (Wildman–Crippen MR) is 70.8 cm³/mol.